The van der Waals surface area contributed by atoms with Gasteiger partial charge in [0, 0.05) is 18.0 Å². The standard InChI is InChI=1S/C18H15Cl2N3O2/c19-14-7-4-8-15(20)13(14)10-22-23-18(25)16-12(9-21-17(16)24)11-5-2-1-3-6-11/h1-8,10,12,16H,9H2,(H,21,24)(H,23,25)/b22-10-/t12-,16-/m1/s1. The second kappa shape index (κ2) is 7.68. The number of rotatable bonds is 4. The molecule has 3 rings (SSSR count). The molecule has 2 aromatic rings. The number of amides is 2. The fourth-order valence-corrected chi connectivity index (χ4v) is 3.29. The van der Waals surface area contributed by atoms with Crippen molar-refractivity contribution in [2.75, 3.05) is 6.54 Å². The van der Waals surface area contributed by atoms with Crippen LogP contribution in [-0.4, -0.2) is 24.6 Å². The molecule has 1 aliphatic rings. The van der Waals surface area contributed by atoms with Crippen molar-refractivity contribution in [3.63, 3.8) is 0 Å². The Morgan fingerprint density at radius 2 is 1.80 bits per heavy atom. The fraction of sp³-hybridized carbons (Fsp3) is 0.167. The molecule has 5 nitrogen and oxygen atoms in total. The normalized spacial score (nSPS) is 19.8. The zero-order valence-corrected chi connectivity index (χ0v) is 14.6. The maximum Gasteiger partial charge on any atom is 0.253 e. The summed E-state index contributed by atoms with van der Waals surface area (Å²) in [4.78, 5) is 24.5. The molecule has 0 bridgehead atoms. The second-order valence-corrected chi connectivity index (χ2v) is 6.42. The molecule has 25 heavy (non-hydrogen) atoms. The first-order chi connectivity index (χ1) is 12.1. The third kappa shape index (κ3) is 3.83. The number of hydrogen-bond donors (Lipinski definition) is 2. The van der Waals surface area contributed by atoms with E-state index in [1.807, 2.05) is 30.3 Å². The van der Waals surface area contributed by atoms with E-state index in [2.05, 4.69) is 15.8 Å². The molecule has 0 aromatic heterocycles. The van der Waals surface area contributed by atoms with E-state index >= 15 is 0 Å². The molecular formula is C18H15Cl2N3O2. The highest BCUT2D eigenvalue weighted by atomic mass is 35.5. The molecule has 2 aromatic carbocycles. The number of halogens is 2. The van der Waals surface area contributed by atoms with Crippen LogP contribution in [0.15, 0.2) is 53.6 Å². The lowest BCUT2D eigenvalue weighted by atomic mass is 9.88. The number of hydrogen-bond acceptors (Lipinski definition) is 3. The molecule has 0 radical (unpaired) electrons. The molecular weight excluding hydrogens is 361 g/mol. The Balaban J connectivity index is 1.73. The van der Waals surface area contributed by atoms with Crippen LogP contribution in [0.1, 0.15) is 17.0 Å². The molecule has 2 N–H and O–H groups in total. The lowest BCUT2D eigenvalue weighted by Gasteiger charge is -2.15. The maximum atomic E-state index is 12.4. The minimum absolute atomic E-state index is 0.229. The van der Waals surface area contributed by atoms with Crippen LogP contribution in [0.2, 0.25) is 10.0 Å². The monoisotopic (exact) mass is 375 g/mol. The average Bonchev–Trinajstić information content (AvgIpc) is 3.00. The topological polar surface area (TPSA) is 70.6 Å². The lowest BCUT2D eigenvalue weighted by Crippen LogP contribution is -2.34. The van der Waals surface area contributed by atoms with Gasteiger partial charge in [0.2, 0.25) is 5.91 Å². The van der Waals surface area contributed by atoms with Crippen LogP contribution in [0.25, 0.3) is 0 Å². The van der Waals surface area contributed by atoms with Crippen LogP contribution >= 0.6 is 23.2 Å². The zero-order valence-electron chi connectivity index (χ0n) is 13.1. The van der Waals surface area contributed by atoms with Crippen LogP contribution in [0.4, 0.5) is 0 Å². The predicted molar refractivity (Wildman–Crippen MR) is 97.9 cm³/mol. The summed E-state index contributed by atoms with van der Waals surface area (Å²) in [5.41, 5.74) is 3.84. The summed E-state index contributed by atoms with van der Waals surface area (Å²) in [7, 11) is 0. The predicted octanol–water partition coefficient (Wildman–Crippen LogP) is 2.97. The molecule has 0 unspecified atom stereocenters. The van der Waals surface area contributed by atoms with Gasteiger partial charge in [0.05, 0.1) is 16.3 Å². The van der Waals surface area contributed by atoms with E-state index in [9.17, 15) is 9.59 Å². The average molecular weight is 376 g/mol. The van der Waals surface area contributed by atoms with Gasteiger partial charge in [0.1, 0.15) is 5.92 Å². The Bertz CT molecular complexity index is 804. The van der Waals surface area contributed by atoms with Gasteiger partial charge in [-0.3, -0.25) is 9.59 Å². The largest absolute Gasteiger partial charge is 0.355 e. The first-order valence-corrected chi connectivity index (χ1v) is 8.43. The van der Waals surface area contributed by atoms with Crippen molar-refractivity contribution in [1.82, 2.24) is 10.7 Å². The van der Waals surface area contributed by atoms with Crippen molar-refractivity contribution >= 4 is 41.2 Å². The van der Waals surface area contributed by atoms with Gasteiger partial charge in [-0.25, -0.2) is 5.43 Å². The summed E-state index contributed by atoms with van der Waals surface area (Å²) in [5.74, 6) is -1.84. The number of nitrogens with zero attached hydrogens (tertiary/aromatic N) is 1. The Morgan fingerprint density at radius 3 is 2.48 bits per heavy atom. The maximum absolute atomic E-state index is 12.4. The van der Waals surface area contributed by atoms with Crippen LogP contribution in [0, 0.1) is 5.92 Å². The Morgan fingerprint density at radius 1 is 1.12 bits per heavy atom. The first kappa shape index (κ1) is 17.5. The summed E-state index contributed by atoms with van der Waals surface area (Å²) in [5, 5.41) is 7.47. The number of nitrogens with one attached hydrogen (secondary N) is 2. The fourth-order valence-electron chi connectivity index (χ4n) is 2.80. The minimum atomic E-state index is -0.832. The van der Waals surface area contributed by atoms with Gasteiger partial charge in [0.15, 0.2) is 0 Å². The summed E-state index contributed by atoms with van der Waals surface area (Å²) < 4.78 is 0. The van der Waals surface area contributed by atoms with Gasteiger partial charge >= 0.3 is 0 Å². The highest BCUT2D eigenvalue weighted by Crippen LogP contribution is 2.29. The van der Waals surface area contributed by atoms with Crippen molar-refractivity contribution < 1.29 is 9.59 Å². The second-order valence-electron chi connectivity index (χ2n) is 5.61. The Kier molecular flexibility index (Phi) is 5.36. The highest BCUT2D eigenvalue weighted by Gasteiger charge is 2.40. The van der Waals surface area contributed by atoms with Crippen molar-refractivity contribution in [2.45, 2.75) is 5.92 Å². The van der Waals surface area contributed by atoms with E-state index in [-0.39, 0.29) is 11.8 Å². The summed E-state index contributed by atoms with van der Waals surface area (Å²) in [6, 6.07) is 14.5. The number of carbonyl (C=O) groups is 2. The van der Waals surface area contributed by atoms with E-state index in [0.717, 1.165) is 5.56 Å². The third-order valence-electron chi connectivity index (χ3n) is 4.06. The first-order valence-electron chi connectivity index (χ1n) is 7.67. The van der Waals surface area contributed by atoms with Gasteiger partial charge in [0.25, 0.3) is 5.91 Å². The molecule has 1 saturated heterocycles. The van der Waals surface area contributed by atoms with Crippen LogP contribution in [0.3, 0.4) is 0 Å². The van der Waals surface area contributed by atoms with Crippen LogP contribution < -0.4 is 10.7 Å². The third-order valence-corrected chi connectivity index (χ3v) is 4.72. The smallest absolute Gasteiger partial charge is 0.253 e. The quantitative estimate of drug-likeness (QED) is 0.489. The van der Waals surface area contributed by atoms with Gasteiger partial charge in [-0.1, -0.05) is 59.6 Å². The molecule has 2 amide bonds. The lowest BCUT2D eigenvalue weighted by molar-refractivity contribution is -0.133. The highest BCUT2D eigenvalue weighted by molar-refractivity contribution is 6.38. The van der Waals surface area contributed by atoms with Crippen molar-refractivity contribution in [3.8, 4) is 0 Å². The van der Waals surface area contributed by atoms with Crippen molar-refractivity contribution in [3.05, 3.63) is 69.7 Å². The SMILES string of the molecule is O=C1NC[C@H](c2ccccc2)[C@H]1C(=O)N/N=C\c1c(Cl)cccc1Cl. The molecule has 128 valence electrons. The van der Waals surface area contributed by atoms with Gasteiger partial charge < -0.3 is 5.32 Å². The molecule has 0 aliphatic carbocycles. The van der Waals surface area contributed by atoms with Crippen molar-refractivity contribution in [1.29, 1.82) is 0 Å². The summed E-state index contributed by atoms with van der Waals surface area (Å²) in [6.07, 6.45) is 1.37. The van der Waals surface area contributed by atoms with Crippen LogP contribution in [0.5, 0.6) is 0 Å². The van der Waals surface area contributed by atoms with E-state index in [1.54, 1.807) is 18.2 Å². The Hall–Kier alpha value is -2.37. The number of carbonyl (C=O) groups excluding carboxylic acids is 2. The number of benzene rings is 2. The molecule has 0 saturated carbocycles. The molecule has 0 spiro atoms. The van der Waals surface area contributed by atoms with E-state index in [0.29, 0.717) is 22.2 Å². The zero-order chi connectivity index (χ0) is 17.8. The summed E-state index contributed by atoms with van der Waals surface area (Å²) in [6.45, 7) is 0.418. The summed E-state index contributed by atoms with van der Waals surface area (Å²) >= 11 is 12.1. The molecule has 1 fully saturated rings. The van der Waals surface area contributed by atoms with E-state index in [1.165, 1.54) is 6.21 Å². The minimum Gasteiger partial charge on any atom is -0.355 e. The molecule has 2 atom stereocenters. The molecule has 7 heteroatoms. The van der Waals surface area contributed by atoms with E-state index < -0.39 is 11.8 Å². The Labute approximate surface area is 155 Å². The van der Waals surface area contributed by atoms with Gasteiger partial charge in [-0.15, -0.1) is 0 Å². The molecule has 1 aliphatic heterocycles. The molecule has 1 heterocycles. The van der Waals surface area contributed by atoms with Crippen LogP contribution in [-0.2, 0) is 9.59 Å². The van der Waals surface area contributed by atoms with Gasteiger partial charge in [-0.2, -0.15) is 5.10 Å². The van der Waals surface area contributed by atoms with Crippen molar-refractivity contribution in [2.24, 2.45) is 11.0 Å². The number of hydrazone groups is 1. The van der Waals surface area contributed by atoms with Gasteiger partial charge in [-0.05, 0) is 17.7 Å². The van der Waals surface area contributed by atoms with E-state index in [4.69, 9.17) is 23.2 Å².